The molecule has 8 heteroatoms. The maximum Gasteiger partial charge on any atom is 0.343 e. The van der Waals surface area contributed by atoms with Crippen molar-refractivity contribution >= 4 is 24.0 Å². The molecule has 186 valence electrons. The Morgan fingerprint density at radius 1 is 0.917 bits per heavy atom. The van der Waals surface area contributed by atoms with Crippen LogP contribution in [0, 0.1) is 6.92 Å². The lowest BCUT2D eigenvalue weighted by Crippen LogP contribution is -2.34. The van der Waals surface area contributed by atoms with Crippen molar-refractivity contribution in [3.05, 3.63) is 95.1 Å². The van der Waals surface area contributed by atoms with Gasteiger partial charge in [-0.15, -0.1) is 0 Å². The standard InChI is InChI=1S/C28H29N3O5/c1-3-4-17-35-23-15-11-22(12-16-23)27(33)29-19-26(32)31-30-18-21-9-13-24(14-10-21)36-28(34)25-8-6-5-7-20(25)2/h5-16,18H,3-4,17,19H2,1-2H3,(H,29,33)(H,31,32). The molecule has 0 saturated heterocycles. The number of hydrazone groups is 1. The van der Waals surface area contributed by atoms with Crippen LogP contribution in [0.5, 0.6) is 11.5 Å². The second-order valence-corrected chi connectivity index (χ2v) is 7.98. The summed E-state index contributed by atoms with van der Waals surface area (Å²) in [7, 11) is 0. The summed E-state index contributed by atoms with van der Waals surface area (Å²) >= 11 is 0. The average molecular weight is 488 g/mol. The number of benzene rings is 3. The van der Waals surface area contributed by atoms with Gasteiger partial charge in [-0.05, 0) is 79.1 Å². The van der Waals surface area contributed by atoms with Crippen LogP contribution in [0.15, 0.2) is 77.9 Å². The Bertz CT molecular complexity index is 1200. The molecule has 0 bridgehead atoms. The van der Waals surface area contributed by atoms with E-state index in [1.165, 1.54) is 6.21 Å². The topological polar surface area (TPSA) is 106 Å². The minimum Gasteiger partial charge on any atom is -0.494 e. The molecule has 0 unspecified atom stereocenters. The SMILES string of the molecule is CCCCOc1ccc(C(=O)NCC(=O)NN=Cc2ccc(OC(=O)c3ccccc3C)cc2)cc1. The average Bonchev–Trinajstić information content (AvgIpc) is 2.89. The zero-order valence-corrected chi connectivity index (χ0v) is 20.3. The van der Waals surface area contributed by atoms with Gasteiger partial charge in [0.2, 0.25) is 0 Å². The quantitative estimate of drug-likeness (QED) is 0.138. The summed E-state index contributed by atoms with van der Waals surface area (Å²) in [6, 6.07) is 20.6. The summed E-state index contributed by atoms with van der Waals surface area (Å²) in [4.78, 5) is 36.5. The summed E-state index contributed by atoms with van der Waals surface area (Å²) in [5.74, 6) is -0.176. The number of amides is 2. The number of aryl methyl sites for hydroxylation is 1. The molecule has 8 nitrogen and oxygen atoms in total. The van der Waals surface area contributed by atoms with Crippen molar-refractivity contribution in [3.63, 3.8) is 0 Å². The molecule has 2 N–H and O–H groups in total. The Labute approximate surface area is 210 Å². The molecule has 36 heavy (non-hydrogen) atoms. The molecule has 3 aromatic carbocycles. The minimum absolute atomic E-state index is 0.223. The van der Waals surface area contributed by atoms with Crippen molar-refractivity contribution in [2.24, 2.45) is 5.10 Å². The van der Waals surface area contributed by atoms with Gasteiger partial charge in [0, 0.05) is 5.56 Å². The van der Waals surface area contributed by atoms with Gasteiger partial charge in [-0.25, -0.2) is 10.2 Å². The number of hydrogen-bond donors (Lipinski definition) is 2. The van der Waals surface area contributed by atoms with Crippen LogP contribution < -0.4 is 20.2 Å². The Kier molecular flexibility index (Phi) is 9.76. The van der Waals surface area contributed by atoms with Gasteiger partial charge in [0.1, 0.15) is 11.5 Å². The number of unbranched alkanes of at least 4 members (excludes halogenated alkanes) is 1. The molecule has 3 aromatic rings. The summed E-state index contributed by atoms with van der Waals surface area (Å²) < 4.78 is 11.0. The lowest BCUT2D eigenvalue weighted by Gasteiger charge is -2.07. The molecule has 0 aromatic heterocycles. The first-order valence-corrected chi connectivity index (χ1v) is 11.7. The fraction of sp³-hybridized carbons (Fsp3) is 0.214. The van der Waals surface area contributed by atoms with Crippen molar-refractivity contribution in [3.8, 4) is 11.5 Å². The van der Waals surface area contributed by atoms with Crippen molar-refractivity contribution in [2.75, 3.05) is 13.2 Å². The number of nitrogens with zero attached hydrogens (tertiary/aromatic N) is 1. The van der Waals surface area contributed by atoms with Crippen LogP contribution >= 0.6 is 0 Å². The van der Waals surface area contributed by atoms with Crippen molar-refractivity contribution < 1.29 is 23.9 Å². The van der Waals surface area contributed by atoms with Gasteiger partial charge in [0.05, 0.1) is 24.9 Å². The number of nitrogens with one attached hydrogen (secondary N) is 2. The highest BCUT2D eigenvalue weighted by molar-refractivity contribution is 5.96. The van der Waals surface area contributed by atoms with E-state index >= 15 is 0 Å². The van der Waals surface area contributed by atoms with Gasteiger partial charge < -0.3 is 14.8 Å². The monoisotopic (exact) mass is 487 g/mol. The van der Waals surface area contributed by atoms with Crippen molar-refractivity contribution in [2.45, 2.75) is 26.7 Å². The first-order chi connectivity index (χ1) is 17.5. The third kappa shape index (κ3) is 8.09. The smallest absolute Gasteiger partial charge is 0.343 e. The van der Waals surface area contributed by atoms with Crippen LogP contribution in [-0.4, -0.2) is 37.1 Å². The van der Waals surface area contributed by atoms with E-state index in [0.717, 1.165) is 18.4 Å². The lowest BCUT2D eigenvalue weighted by atomic mass is 10.1. The van der Waals surface area contributed by atoms with E-state index in [-0.39, 0.29) is 12.5 Å². The summed E-state index contributed by atoms with van der Waals surface area (Å²) in [6.07, 6.45) is 3.46. The largest absolute Gasteiger partial charge is 0.494 e. The normalized spacial score (nSPS) is 10.6. The van der Waals surface area contributed by atoms with Crippen LogP contribution in [0.2, 0.25) is 0 Å². The Balaban J connectivity index is 1.41. The Morgan fingerprint density at radius 3 is 2.31 bits per heavy atom. The van der Waals surface area contributed by atoms with Gasteiger partial charge in [-0.3, -0.25) is 9.59 Å². The first-order valence-electron chi connectivity index (χ1n) is 11.7. The molecule has 3 rings (SSSR count). The fourth-order valence-corrected chi connectivity index (χ4v) is 3.10. The van der Waals surface area contributed by atoms with E-state index in [2.05, 4.69) is 22.8 Å². The predicted octanol–water partition coefficient (Wildman–Crippen LogP) is 4.27. The molecule has 0 heterocycles. The van der Waals surface area contributed by atoms with Crippen LogP contribution in [0.25, 0.3) is 0 Å². The van der Waals surface area contributed by atoms with Crippen LogP contribution in [0.4, 0.5) is 0 Å². The second kappa shape index (κ2) is 13.4. The van der Waals surface area contributed by atoms with Gasteiger partial charge in [0.15, 0.2) is 0 Å². The third-order valence-electron chi connectivity index (χ3n) is 5.15. The van der Waals surface area contributed by atoms with E-state index in [1.54, 1.807) is 60.7 Å². The predicted molar refractivity (Wildman–Crippen MR) is 137 cm³/mol. The molecule has 0 aliphatic heterocycles. The Morgan fingerprint density at radius 2 is 1.61 bits per heavy atom. The van der Waals surface area contributed by atoms with E-state index < -0.39 is 11.9 Å². The van der Waals surface area contributed by atoms with E-state index in [9.17, 15) is 14.4 Å². The molecular weight excluding hydrogens is 458 g/mol. The van der Waals surface area contributed by atoms with Crippen LogP contribution in [0.3, 0.4) is 0 Å². The highest BCUT2D eigenvalue weighted by atomic mass is 16.5. The highest BCUT2D eigenvalue weighted by Crippen LogP contribution is 2.16. The maximum absolute atomic E-state index is 12.3. The van der Waals surface area contributed by atoms with E-state index in [4.69, 9.17) is 9.47 Å². The van der Waals surface area contributed by atoms with E-state index in [1.807, 2.05) is 19.1 Å². The molecule has 0 atom stereocenters. The number of rotatable bonds is 11. The molecule has 0 fully saturated rings. The first kappa shape index (κ1) is 26.2. The van der Waals surface area contributed by atoms with Gasteiger partial charge in [0.25, 0.3) is 11.8 Å². The van der Waals surface area contributed by atoms with Crippen molar-refractivity contribution in [1.29, 1.82) is 0 Å². The maximum atomic E-state index is 12.3. The molecule has 0 aliphatic rings. The van der Waals surface area contributed by atoms with Crippen molar-refractivity contribution in [1.82, 2.24) is 10.7 Å². The number of ether oxygens (including phenoxy) is 2. The molecular formula is C28H29N3O5. The fourth-order valence-electron chi connectivity index (χ4n) is 3.10. The minimum atomic E-state index is -0.470. The zero-order chi connectivity index (χ0) is 25.8. The number of hydrogen-bond acceptors (Lipinski definition) is 6. The van der Waals surface area contributed by atoms with Gasteiger partial charge in [-0.2, -0.15) is 5.10 Å². The molecule has 2 amide bonds. The number of esters is 1. The molecule has 0 saturated carbocycles. The molecule has 0 radical (unpaired) electrons. The lowest BCUT2D eigenvalue weighted by molar-refractivity contribution is -0.120. The van der Waals surface area contributed by atoms with Gasteiger partial charge >= 0.3 is 5.97 Å². The summed E-state index contributed by atoms with van der Waals surface area (Å²) in [5.41, 5.74) is 4.82. The third-order valence-corrected chi connectivity index (χ3v) is 5.15. The van der Waals surface area contributed by atoms with Crippen LogP contribution in [0.1, 0.15) is 51.6 Å². The zero-order valence-electron chi connectivity index (χ0n) is 20.3. The Hall–Kier alpha value is -4.46. The molecule has 0 aliphatic carbocycles. The number of carbonyl (C=O) groups excluding carboxylic acids is 3. The van der Waals surface area contributed by atoms with Crippen LogP contribution in [-0.2, 0) is 4.79 Å². The van der Waals surface area contributed by atoms with E-state index in [0.29, 0.717) is 34.8 Å². The second-order valence-electron chi connectivity index (χ2n) is 7.98. The number of carbonyl (C=O) groups is 3. The molecule has 0 spiro atoms. The summed E-state index contributed by atoms with van der Waals surface area (Å²) in [5, 5.41) is 6.44. The highest BCUT2D eigenvalue weighted by Gasteiger charge is 2.11. The summed E-state index contributed by atoms with van der Waals surface area (Å²) in [6.45, 7) is 4.34. The van der Waals surface area contributed by atoms with Gasteiger partial charge in [-0.1, -0.05) is 31.5 Å².